The van der Waals surface area contributed by atoms with Crippen LogP contribution < -0.4 is 9.64 Å². The van der Waals surface area contributed by atoms with Crippen LogP contribution in [0.25, 0.3) is 0 Å². The van der Waals surface area contributed by atoms with Crippen LogP contribution in [0.3, 0.4) is 0 Å². The third-order valence-corrected chi connectivity index (χ3v) is 4.23. The first-order chi connectivity index (χ1) is 11.8. The van der Waals surface area contributed by atoms with Crippen molar-refractivity contribution in [1.29, 1.82) is 0 Å². The highest BCUT2D eigenvalue weighted by Crippen LogP contribution is 2.40. The number of hydrogen-bond acceptors (Lipinski definition) is 4. The van der Waals surface area contributed by atoms with Gasteiger partial charge in [-0.3, -0.25) is 4.79 Å². The molecule has 1 aromatic carbocycles. The number of esters is 1. The summed E-state index contributed by atoms with van der Waals surface area (Å²) in [5, 5.41) is 0. The minimum atomic E-state index is -0.513. The molecular formula is C20H27NO4. The van der Waals surface area contributed by atoms with Crippen LogP contribution in [0.15, 0.2) is 30.4 Å². The van der Waals surface area contributed by atoms with Crippen molar-refractivity contribution in [3.05, 3.63) is 35.9 Å². The van der Waals surface area contributed by atoms with Crippen LogP contribution >= 0.6 is 0 Å². The molecular weight excluding hydrogens is 318 g/mol. The van der Waals surface area contributed by atoms with Gasteiger partial charge in [0.05, 0.1) is 18.8 Å². The van der Waals surface area contributed by atoms with E-state index in [2.05, 4.69) is 27.7 Å². The van der Waals surface area contributed by atoms with Gasteiger partial charge in [0.1, 0.15) is 11.9 Å². The van der Waals surface area contributed by atoms with E-state index >= 15 is 0 Å². The molecule has 2 rings (SSSR count). The summed E-state index contributed by atoms with van der Waals surface area (Å²) in [6.07, 6.45) is 2.36. The smallest absolute Gasteiger partial charge is 0.330 e. The summed E-state index contributed by atoms with van der Waals surface area (Å²) in [5.41, 5.74) is 1.83. The molecule has 0 bridgehead atoms. The Hall–Kier alpha value is -2.30. The number of ether oxygens (including phenoxy) is 2. The summed E-state index contributed by atoms with van der Waals surface area (Å²) in [6, 6.07) is 5.85. The lowest BCUT2D eigenvalue weighted by atomic mass is 9.97. The Bertz CT molecular complexity index is 664. The minimum absolute atomic E-state index is 0.0904. The van der Waals surface area contributed by atoms with E-state index in [-0.39, 0.29) is 30.5 Å². The molecule has 0 saturated heterocycles. The van der Waals surface area contributed by atoms with E-state index in [1.165, 1.54) is 12.2 Å². The van der Waals surface area contributed by atoms with Crippen LogP contribution in [0.1, 0.15) is 46.1 Å². The molecule has 0 aromatic heterocycles. The van der Waals surface area contributed by atoms with E-state index in [0.29, 0.717) is 6.54 Å². The van der Waals surface area contributed by atoms with Gasteiger partial charge in [-0.25, -0.2) is 4.79 Å². The zero-order valence-electron chi connectivity index (χ0n) is 15.6. The second kappa shape index (κ2) is 8.19. The molecule has 1 aliphatic rings. The molecule has 136 valence electrons. The Balaban J connectivity index is 2.37. The number of rotatable bonds is 5. The molecule has 0 radical (unpaired) electrons. The minimum Gasteiger partial charge on any atom is -0.486 e. The van der Waals surface area contributed by atoms with Crippen molar-refractivity contribution >= 4 is 17.6 Å². The molecule has 0 N–H and O–H groups in total. The summed E-state index contributed by atoms with van der Waals surface area (Å²) < 4.78 is 11.1. The summed E-state index contributed by atoms with van der Waals surface area (Å²) in [4.78, 5) is 25.9. The third kappa shape index (κ3) is 4.41. The van der Waals surface area contributed by atoms with E-state index in [9.17, 15) is 9.59 Å². The highest BCUT2D eigenvalue weighted by atomic mass is 16.5. The summed E-state index contributed by atoms with van der Waals surface area (Å²) in [5.74, 6) is 0.552. The van der Waals surface area contributed by atoms with Gasteiger partial charge in [0.15, 0.2) is 0 Å². The molecule has 0 fully saturated rings. The maximum absolute atomic E-state index is 12.7. The predicted octanol–water partition coefficient (Wildman–Crippen LogP) is 3.68. The topological polar surface area (TPSA) is 55.8 Å². The van der Waals surface area contributed by atoms with Crippen molar-refractivity contribution in [2.75, 3.05) is 18.1 Å². The lowest BCUT2D eigenvalue weighted by Gasteiger charge is -2.37. The van der Waals surface area contributed by atoms with Crippen LogP contribution in [0.2, 0.25) is 0 Å². The van der Waals surface area contributed by atoms with Crippen molar-refractivity contribution in [2.24, 2.45) is 5.92 Å². The summed E-state index contributed by atoms with van der Waals surface area (Å²) >= 11 is 0. The van der Waals surface area contributed by atoms with Gasteiger partial charge in [-0.1, -0.05) is 39.8 Å². The SMILES string of the molecule is CCOC(=O)/C=C/C(=O)N1CC(C(C)C)Oc2c(C(C)C)cccc21. The van der Waals surface area contributed by atoms with Crippen LogP contribution in [0.4, 0.5) is 5.69 Å². The predicted molar refractivity (Wildman–Crippen MR) is 97.9 cm³/mol. The molecule has 0 saturated carbocycles. The van der Waals surface area contributed by atoms with E-state index < -0.39 is 5.97 Å². The van der Waals surface area contributed by atoms with Gasteiger partial charge >= 0.3 is 5.97 Å². The van der Waals surface area contributed by atoms with Crippen molar-refractivity contribution < 1.29 is 19.1 Å². The highest BCUT2D eigenvalue weighted by Gasteiger charge is 2.32. The van der Waals surface area contributed by atoms with Crippen molar-refractivity contribution in [3.8, 4) is 5.75 Å². The van der Waals surface area contributed by atoms with E-state index in [1.54, 1.807) is 11.8 Å². The standard InChI is InChI=1S/C20H27NO4/c1-6-24-19(23)11-10-18(22)21-12-17(14(4)5)25-20-15(13(2)3)8-7-9-16(20)21/h7-11,13-14,17H,6,12H2,1-5H3/b11-10+. The Morgan fingerprint density at radius 3 is 2.60 bits per heavy atom. The van der Waals surface area contributed by atoms with Crippen LogP contribution in [-0.2, 0) is 14.3 Å². The fourth-order valence-corrected chi connectivity index (χ4v) is 2.78. The quantitative estimate of drug-likeness (QED) is 0.603. The van der Waals surface area contributed by atoms with Gasteiger partial charge < -0.3 is 14.4 Å². The number of nitrogens with zero attached hydrogens (tertiary/aromatic N) is 1. The maximum Gasteiger partial charge on any atom is 0.330 e. The van der Waals surface area contributed by atoms with Crippen molar-refractivity contribution in [1.82, 2.24) is 0 Å². The van der Waals surface area contributed by atoms with Crippen LogP contribution in [0.5, 0.6) is 5.75 Å². The average molecular weight is 345 g/mol. The zero-order chi connectivity index (χ0) is 18.6. The summed E-state index contributed by atoms with van der Waals surface area (Å²) in [6.45, 7) is 10.8. The lowest BCUT2D eigenvalue weighted by Crippen LogP contribution is -2.45. The first kappa shape index (κ1) is 19.0. The third-order valence-electron chi connectivity index (χ3n) is 4.23. The number of carbonyl (C=O) groups excluding carboxylic acids is 2. The molecule has 1 atom stereocenters. The lowest BCUT2D eigenvalue weighted by molar-refractivity contribution is -0.137. The van der Waals surface area contributed by atoms with E-state index in [0.717, 1.165) is 17.0 Å². The van der Waals surface area contributed by atoms with Gasteiger partial charge in [-0.05, 0) is 30.4 Å². The normalized spacial score (nSPS) is 16.9. The van der Waals surface area contributed by atoms with Crippen LogP contribution in [-0.4, -0.2) is 31.1 Å². The second-order valence-corrected chi connectivity index (χ2v) is 6.78. The fourth-order valence-electron chi connectivity index (χ4n) is 2.78. The largest absolute Gasteiger partial charge is 0.486 e. The summed E-state index contributed by atoms with van der Waals surface area (Å²) in [7, 11) is 0. The average Bonchev–Trinajstić information content (AvgIpc) is 2.58. The first-order valence-corrected chi connectivity index (χ1v) is 8.81. The van der Waals surface area contributed by atoms with Gasteiger partial charge in [-0.2, -0.15) is 0 Å². The molecule has 1 aromatic rings. The first-order valence-electron chi connectivity index (χ1n) is 8.81. The molecule has 0 aliphatic carbocycles. The van der Waals surface area contributed by atoms with Gasteiger partial charge in [-0.15, -0.1) is 0 Å². The second-order valence-electron chi connectivity index (χ2n) is 6.78. The van der Waals surface area contributed by atoms with E-state index in [4.69, 9.17) is 9.47 Å². The Morgan fingerprint density at radius 2 is 2.00 bits per heavy atom. The highest BCUT2D eigenvalue weighted by molar-refractivity contribution is 6.05. The number of anilines is 1. The van der Waals surface area contributed by atoms with Crippen LogP contribution in [0, 0.1) is 5.92 Å². The Kier molecular flexibility index (Phi) is 6.23. The molecule has 5 heteroatoms. The van der Waals surface area contributed by atoms with Gasteiger partial charge in [0, 0.05) is 12.2 Å². The Morgan fingerprint density at radius 1 is 1.28 bits per heavy atom. The molecule has 1 heterocycles. The molecule has 0 spiro atoms. The fraction of sp³-hybridized carbons (Fsp3) is 0.500. The zero-order valence-corrected chi connectivity index (χ0v) is 15.6. The number of benzene rings is 1. The maximum atomic E-state index is 12.7. The Labute approximate surface area is 149 Å². The van der Waals surface area contributed by atoms with Crippen molar-refractivity contribution in [3.63, 3.8) is 0 Å². The van der Waals surface area contributed by atoms with E-state index in [1.807, 2.05) is 18.2 Å². The number of para-hydroxylation sites is 1. The van der Waals surface area contributed by atoms with Crippen molar-refractivity contribution in [2.45, 2.75) is 46.6 Å². The number of fused-ring (bicyclic) bond motifs is 1. The number of hydrogen-bond donors (Lipinski definition) is 0. The monoisotopic (exact) mass is 345 g/mol. The molecule has 5 nitrogen and oxygen atoms in total. The molecule has 1 unspecified atom stereocenters. The number of amides is 1. The van der Waals surface area contributed by atoms with Gasteiger partial charge in [0.25, 0.3) is 5.91 Å². The number of carbonyl (C=O) groups is 2. The molecule has 1 aliphatic heterocycles. The van der Waals surface area contributed by atoms with Gasteiger partial charge in [0.2, 0.25) is 0 Å². The molecule has 1 amide bonds. The molecule has 25 heavy (non-hydrogen) atoms.